The molecule has 0 aliphatic heterocycles. The maximum absolute atomic E-state index is 12.0. The van der Waals surface area contributed by atoms with Crippen LogP contribution in [-0.4, -0.2) is 25.7 Å². The van der Waals surface area contributed by atoms with E-state index in [0.717, 1.165) is 16.7 Å². The third-order valence-corrected chi connectivity index (χ3v) is 3.91. The molecule has 0 atom stereocenters. The first-order chi connectivity index (χ1) is 12.4. The quantitative estimate of drug-likeness (QED) is 0.701. The number of carbonyl (C=O) groups excluding carboxylic acids is 2. The second kappa shape index (κ2) is 9.04. The van der Waals surface area contributed by atoms with E-state index < -0.39 is 11.9 Å². The van der Waals surface area contributed by atoms with Crippen molar-refractivity contribution in [2.24, 2.45) is 0 Å². The van der Waals surface area contributed by atoms with Gasteiger partial charge in [-0.1, -0.05) is 38.1 Å². The van der Waals surface area contributed by atoms with Crippen molar-refractivity contribution in [2.45, 2.75) is 33.3 Å². The monoisotopic (exact) mass is 356 g/mol. The van der Waals surface area contributed by atoms with E-state index in [9.17, 15) is 9.59 Å². The van der Waals surface area contributed by atoms with Crippen LogP contribution in [-0.2, 0) is 20.9 Å². The molecule has 0 N–H and O–H groups in total. The Morgan fingerprint density at radius 2 is 1.73 bits per heavy atom. The molecule has 0 saturated heterocycles. The normalized spacial score (nSPS) is 10.5. The Morgan fingerprint density at radius 1 is 1.04 bits per heavy atom. The van der Waals surface area contributed by atoms with E-state index in [-0.39, 0.29) is 13.2 Å². The van der Waals surface area contributed by atoms with E-state index in [0.29, 0.717) is 17.2 Å². The lowest BCUT2D eigenvalue weighted by Gasteiger charge is -2.14. The van der Waals surface area contributed by atoms with E-state index in [1.54, 1.807) is 24.3 Å². The second-order valence-corrected chi connectivity index (χ2v) is 6.33. The van der Waals surface area contributed by atoms with Gasteiger partial charge < -0.3 is 14.2 Å². The largest absolute Gasteiger partial charge is 0.482 e. The molecule has 2 aromatic rings. The first-order valence-corrected chi connectivity index (χ1v) is 8.47. The van der Waals surface area contributed by atoms with Gasteiger partial charge in [-0.2, -0.15) is 0 Å². The van der Waals surface area contributed by atoms with Crippen LogP contribution in [0, 0.1) is 6.92 Å². The second-order valence-electron chi connectivity index (χ2n) is 6.33. The number of esters is 2. The summed E-state index contributed by atoms with van der Waals surface area (Å²) in [5, 5.41) is 0. The molecule has 0 aromatic heterocycles. The van der Waals surface area contributed by atoms with Crippen molar-refractivity contribution in [2.75, 3.05) is 13.7 Å². The van der Waals surface area contributed by atoms with E-state index in [1.807, 2.05) is 25.1 Å². The molecule has 0 aliphatic rings. The average Bonchev–Trinajstić information content (AvgIpc) is 2.64. The number of hydrogen-bond donors (Lipinski definition) is 0. The molecule has 0 heterocycles. The van der Waals surface area contributed by atoms with Crippen molar-refractivity contribution < 1.29 is 23.8 Å². The number of carbonyl (C=O) groups is 2. The van der Waals surface area contributed by atoms with Crippen LogP contribution < -0.4 is 4.74 Å². The lowest BCUT2D eigenvalue weighted by Crippen LogP contribution is -2.15. The number of benzene rings is 2. The van der Waals surface area contributed by atoms with E-state index in [2.05, 4.69) is 18.6 Å². The SMILES string of the molecule is COC(=O)c1ccc(COC(=O)COc2cc(C)ccc2C(C)C)cc1. The zero-order chi connectivity index (χ0) is 19.1. The Hall–Kier alpha value is -2.82. The zero-order valence-electron chi connectivity index (χ0n) is 15.6. The highest BCUT2D eigenvalue weighted by atomic mass is 16.6. The smallest absolute Gasteiger partial charge is 0.344 e. The number of ether oxygens (including phenoxy) is 3. The van der Waals surface area contributed by atoms with Gasteiger partial charge in [0.1, 0.15) is 12.4 Å². The highest BCUT2D eigenvalue weighted by Crippen LogP contribution is 2.27. The Morgan fingerprint density at radius 3 is 2.35 bits per heavy atom. The highest BCUT2D eigenvalue weighted by molar-refractivity contribution is 5.89. The molecule has 2 rings (SSSR count). The van der Waals surface area contributed by atoms with Crippen molar-refractivity contribution in [3.05, 3.63) is 64.7 Å². The van der Waals surface area contributed by atoms with Crippen LogP contribution in [0.1, 0.15) is 46.8 Å². The summed E-state index contributed by atoms with van der Waals surface area (Å²) in [7, 11) is 1.33. The molecule has 0 saturated carbocycles. The van der Waals surface area contributed by atoms with Crippen molar-refractivity contribution >= 4 is 11.9 Å². The van der Waals surface area contributed by atoms with E-state index in [4.69, 9.17) is 9.47 Å². The van der Waals surface area contributed by atoms with Crippen LogP contribution in [0.25, 0.3) is 0 Å². The van der Waals surface area contributed by atoms with E-state index in [1.165, 1.54) is 7.11 Å². The van der Waals surface area contributed by atoms with Crippen LogP contribution in [0.3, 0.4) is 0 Å². The molecule has 0 spiro atoms. The lowest BCUT2D eigenvalue weighted by atomic mass is 10.0. The standard InChI is InChI=1S/C21H24O5/c1-14(2)18-10-5-15(3)11-19(18)25-13-20(22)26-12-16-6-8-17(9-7-16)21(23)24-4/h5-11,14H,12-13H2,1-4H3. The van der Waals surface area contributed by atoms with Gasteiger partial charge in [-0.3, -0.25) is 0 Å². The van der Waals surface area contributed by atoms with Gasteiger partial charge in [0.2, 0.25) is 0 Å². The van der Waals surface area contributed by atoms with Gasteiger partial charge in [-0.15, -0.1) is 0 Å². The Kier molecular flexibility index (Phi) is 6.78. The van der Waals surface area contributed by atoms with Crippen LogP contribution in [0.15, 0.2) is 42.5 Å². The molecule has 2 aromatic carbocycles. The molecule has 26 heavy (non-hydrogen) atoms. The molecule has 0 aliphatic carbocycles. The number of methoxy groups -OCH3 is 1. The van der Waals surface area contributed by atoms with Gasteiger partial charge in [0.15, 0.2) is 6.61 Å². The summed E-state index contributed by atoms with van der Waals surface area (Å²) < 4.78 is 15.5. The van der Waals surface area contributed by atoms with Crippen LogP contribution >= 0.6 is 0 Å². The molecular formula is C21H24O5. The minimum Gasteiger partial charge on any atom is -0.482 e. The average molecular weight is 356 g/mol. The summed E-state index contributed by atoms with van der Waals surface area (Å²) in [6.45, 7) is 6.10. The highest BCUT2D eigenvalue weighted by Gasteiger charge is 2.11. The molecule has 0 bridgehead atoms. The number of hydrogen-bond acceptors (Lipinski definition) is 5. The summed E-state index contributed by atoms with van der Waals surface area (Å²) >= 11 is 0. The fourth-order valence-electron chi connectivity index (χ4n) is 2.44. The van der Waals surface area contributed by atoms with E-state index >= 15 is 0 Å². The van der Waals surface area contributed by atoms with Crippen LogP contribution in [0.5, 0.6) is 5.75 Å². The van der Waals surface area contributed by atoms with Crippen molar-refractivity contribution in [3.63, 3.8) is 0 Å². The lowest BCUT2D eigenvalue weighted by molar-refractivity contribution is -0.147. The van der Waals surface area contributed by atoms with Gasteiger partial charge >= 0.3 is 11.9 Å². The predicted octanol–water partition coefficient (Wildman–Crippen LogP) is 4.03. The fraction of sp³-hybridized carbons (Fsp3) is 0.333. The third-order valence-electron chi connectivity index (χ3n) is 3.91. The molecule has 5 heteroatoms. The molecular weight excluding hydrogens is 332 g/mol. The molecule has 0 radical (unpaired) electrons. The predicted molar refractivity (Wildman–Crippen MR) is 98.3 cm³/mol. The fourth-order valence-corrected chi connectivity index (χ4v) is 2.44. The minimum atomic E-state index is -0.446. The number of rotatable bonds is 7. The van der Waals surface area contributed by atoms with Crippen LogP contribution in [0.4, 0.5) is 0 Å². The summed E-state index contributed by atoms with van der Waals surface area (Å²) in [5.41, 5.74) is 3.36. The maximum atomic E-state index is 12.0. The molecule has 5 nitrogen and oxygen atoms in total. The van der Waals surface area contributed by atoms with Gasteiger partial charge in [-0.05, 0) is 47.7 Å². The van der Waals surface area contributed by atoms with Crippen molar-refractivity contribution in [1.29, 1.82) is 0 Å². The third kappa shape index (κ3) is 5.34. The van der Waals surface area contributed by atoms with Gasteiger partial charge in [0.25, 0.3) is 0 Å². The molecule has 0 amide bonds. The zero-order valence-corrected chi connectivity index (χ0v) is 15.6. The minimum absolute atomic E-state index is 0.120. The summed E-state index contributed by atoms with van der Waals surface area (Å²) in [6, 6.07) is 12.7. The Labute approximate surface area is 153 Å². The molecule has 0 unspecified atom stereocenters. The summed E-state index contributed by atoms with van der Waals surface area (Å²) in [6.07, 6.45) is 0. The molecule has 0 fully saturated rings. The Bertz CT molecular complexity index is 762. The van der Waals surface area contributed by atoms with Crippen LogP contribution in [0.2, 0.25) is 0 Å². The topological polar surface area (TPSA) is 61.8 Å². The first-order valence-electron chi connectivity index (χ1n) is 8.47. The number of aryl methyl sites for hydroxylation is 1. The van der Waals surface area contributed by atoms with Gasteiger partial charge in [0, 0.05) is 0 Å². The maximum Gasteiger partial charge on any atom is 0.344 e. The van der Waals surface area contributed by atoms with Gasteiger partial charge in [0.05, 0.1) is 12.7 Å². The summed E-state index contributed by atoms with van der Waals surface area (Å²) in [5.74, 6) is 0.161. The van der Waals surface area contributed by atoms with Crippen molar-refractivity contribution in [3.8, 4) is 5.75 Å². The Balaban J connectivity index is 1.88. The summed E-state index contributed by atoms with van der Waals surface area (Å²) in [4.78, 5) is 23.3. The van der Waals surface area contributed by atoms with Crippen molar-refractivity contribution in [1.82, 2.24) is 0 Å². The van der Waals surface area contributed by atoms with Gasteiger partial charge in [-0.25, -0.2) is 9.59 Å². The first kappa shape index (κ1) is 19.5. The molecule has 138 valence electrons.